The standard InChI is InChI=1S/C20H18N6O/c1-12-7-14(20(27)23-12)8-15-11-22-26-18(24-16-4-5-16)9-17(25-19(15)26)13-3-2-6-21-10-13/h2-3,6,8-11,16,24H,1,4-5,7H2,(H,23,27)/b14-8+. The molecule has 3 aromatic rings. The van der Waals surface area contributed by atoms with E-state index < -0.39 is 0 Å². The average molecular weight is 358 g/mol. The van der Waals surface area contributed by atoms with Gasteiger partial charge in [-0.15, -0.1) is 0 Å². The van der Waals surface area contributed by atoms with E-state index in [-0.39, 0.29) is 5.91 Å². The van der Waals surface area contributed by atoms with Crippen LogP contribution < -0.4 is 10.6 Å². The van der Waals surface area contributed by atoms with Gasteiger partial charge in [-0.05, 0) is 31.1 Å². The molecule has 2 N–H and O–H groups in total. The van der Waals surface area contributed by atoms with Gasteiger partial charge < -0.3 is 10.6 Å². The van der Waals surface area contributed by atoms with Crippen molar-refractivity contribution in [3.63, 3.8) is 0 Å². The van der Waals surface area contributed by atoms with Gasteiger partial charge in [0, 0.05) is 53.3 Å². The minimum absolute atomic E-state index is 0.112. The van der Waals surface area contributed by atoms with Crippen molar-refractivity contribution in [1.82, 2.24) is 24.9 Å². The highest BCUT2D eigenvalue weighted by molar-refractivity contribution is 6.02. The smallest absolute Gasteiger partial charge is 0.251 e. The zero-order valence-corrected chi connectivity index (χ0v) is 14.6. The number of carbonyl (C=O) groups is 1. The van der Waals surface area contributed by atoms with Crippen LogP contribution in [0.15, 0.2) is 54.6 Å². The highest BCUT2D eigenvalue weighted by atomic mass is 16.2. The Labute approximate surface area is 155 Å². The van der Waals surface area contributed by atoms with E-state index in [1.807, 2.05) is 24.3 Å². The molecule has 134 valence electrons. The van der Waals surface area contributed by atoms with Gasteiger partial charge in [0.15, 0.2) is 5.65 Å². The molecule has 5 rings (SSSR count). The SMILES string of the molecule is C=C1C/C(=C\c2cnn3c(NC4CC4)cc(-c4cccnc4)nc23)C(=O)N1. The lowest BCUT2D eigenvalue weighted by atomic mass is 10.1. The van der Waals surface area contributed by atoms with Gasteiger partial charge in [0.2, 0.25) is 0 Å². The number of allylic oxidation sites excluding steroid dienone is 1. The number of hydrogen-bond donors (Lipinski definition) is 2. The van der Waals surface area contributed by atoms with Crippen molar-refractivity contribution in [3.8, 4) is 11.3 Å². The number of amides is 1. The number of hydrogen-bond acceptors (Lipinski definition) is 5. The molecule has 1 aliphatic carbocycles. The predicted octanol–water partition coefficient (Wildman–Crippen LogP) is 2.78. The van der Waals surface area contributed by atoms with Gasteiger partial charge in [-0.3, -0.25) is 9.78 Å². The van der Waals surface area contributed by atoms with Crippen LogP contribution in [0.5, 0.6) is 0 Å². The van der Waals surface area contributed by atoms with Crippen molar-refractivity contribution < 1.29 is 4.79 Å². The van der Waals surface area contributed by atoms with Gasteiger partial charge in [-0.1, -0.05) is 6.58 Å². The van der Waals surface area contributed by atoms with Crippen LogP contribution in [0.1, 0.15) is 24.8 Å². The van der Waals surface area contributed by atoms with E-state index in [1.54, 1.807) is 23.1 Å². The maximum atomic E-state index is 12.0. The molecule has 2 aliphatic rings. The van der Waals surface area contributed by atoms with Crippen LogP contribution in [0, 0.1) is 0 Å². The normalized spacial score (nSPS) is 18.3. The molecule has 0 radical (unpaired) electrons. The van der Waals surface area contributed by atoms with Crippen LogP contribution in [-0.4, -0.2) is 31.5 Å². The summed E-state index contributed by atoms with van der Waals surface area (Å²) in [5.74, 6) is 0.783. The van der Waals surface area contributed by atoms with Crippen LogP contribution in [0.25, 0.3) is 23.0 Å². The molecular weight excluding hydrogens is 340 g/mol. The largest absolute Gasteiger partial charge is 0.367 e. The molecule has 7 nitrogen and oxygen atoms in total. The third-order valence-electron chi connectivity index (χ3n) is 4.70. The molecule has 4 heterocycles. The number of nitrogens with zero attached hydrogens (tertiary/aromatic N) is 4. The van der Waals surface area contributed by atoms with Crippen molar-refractivity contribution in [3.05, 3.63) is 60.2 Å². The second-order valence-electron chi connectivity index (χ2n) is 6.93. The minimum Gasteiger partial charge on any atom is -0.367 e. The minimum atomic E-state index is -0.112. The average Bonchev–Trinajstić information content (AvgIpc) is 3.31. The molecule has 1 saturated heterocycles. The first-order valence-corrected chi connectivity index (χ1v) is 8.93. The summed E-state index contributed by atoms with van der Waals surface area (Å²) in [6.45, 7) is 3.83. The highest BCUT2D eigenvalue weighted by Gasteiger charge is 2.24. The Morgan fingerprint density at radius 3 is 2.93 bits per heavy atom. The molecule has 27 heavy (non-hydrogen) atoms. The Balaban J connectivity index is 1.66. The van der Waals surface area contributed by atoms with Crippen molar-refractivity contribution in [2.24, 2.45) is 0 Å². The van der Waals surface area contributed by atoms with Crippen LogP contribution in [0.2, 0.25) is 0 Å². The molecule has 1 aliphatic heterocycles. The lowest BCUT2D eigenvalue weighted by molar-refractivity contribution is -0.115. The van der Waals surface area contributed by atoms with E-state index >= 15 is 0 Å². The Hall–Kier alpha value is -3.48. The molecule has 7 heteroatoms. The second kappa shape index (κ2) is 6.05. The maximum absolute atomic E-state index is 12.0. The molecule has 0 spiro atoms. The number of carbonyl (C=O) groups excluding carboxylic acids is 1. The second-order valence-corrected chi connectivity index (χ2v) is 6.93. The number of nitrogens with one attached hydrogen (secondary N) is 2. The van der Waals surface area contributed by atoms with Crippen LogP contribution in [-0.2, 0) is 4.79 Å². The number of aromatic nitrogens is 4. The number of fused-ring (bicyclic) bond motifs is 1. The maximum Gasteiger partial charge on any atom is 0.251 e. The number of pyridine rings is 1. The quantitative estimate of drug-likeness (QED) is 0.701. The van der Waals surface area contributed by atoms with Crippen molar-refractivity contribution in [2.45, 2.75) is 25.3 Å². The van der Waals surface area contributed by atoms with E-state index in [4.69, 9.17) is 4.98 Å². The fourth-order valence-electron chi connectivity index (χ4n) is 3.18. The molecule has 0 unspecified atom stereocenters. The van der Waals surface area contributed by atoms with E-state index in [0.29, 0.717) is 29.4 Å². The Morgan fingerprint density at radius 1 is 1.33 bits per heavy atom. The molecule has 0 aromatic carbocycles. The molecule has 0 bridgehead atoms. The van der Waals surface area contributed by atoms with Gasteiger partial charge in [-0.2, -0.15) is 9.61 Å². The van der Waals surface area contributed by atoms with Crippen molar-refractivity contribution in [1.29, 1.82) is 0 Å². The first-order chi connectivity index (χ1) is 13.2. The van der Waals surface area contributed by atoms with Crippen LogP contribution >= 0.6 is 0 Å². The predicted molar refractivity (Wildman–Crippen MR) is 103 cm³/mol. The van der Waals surface area contributed by atoms with E-state index in [0.717, 1.165) is 35.5 Å². The van der Waals surface area contributed by atoms with E-state index in [1.165, 1.54) is 0 Å². The summed E-state index contributed by atoms with van der Waals surface area (Å²) in [4.78, 5) is 21.0. The summed E-state index contributed by atoms with van der Waals surface area (Å²) >= 11 is 0. The van der Waals surface area contributed by atoms with Gasteiger partial charge in [0.25, 0.3) is 5.91 Å². The van der Waals surface area contributed by atoms with Gasteiger partial charge in [0.05, 0.1) is 11.9 Å². The Bertz CT molecular complexity index is 1090. The van der Waals surface area contributed by atoms with Crippen LogP contribution in [0.3, 0.4) is 0 Å². The molecule has 2 fully saturated rings. The van der Waals surface area contributed by atoms with Crippen LogP contribution in [0.4, 0.5) is 5.82 Å². The highest BCUT2D eigenvalue weighted by Crippen LogP contribution is 2.29. The topological polar surface area (TPSA) is 84.2 Å². The van der Waals surface area contributed by atoms with Gasteiger partial charge >= 0.3 is 0 Å². The van der Waals surface area contributed by atoms with E-state index in [9.17, 15) is 4.79 Å². The monoisotopic (exact) mass is 358 g/mol. The Kier molecular flexibility index (Phi) is 3.53. The number of rotatable bonds is 4. The molecule has 1 saturated carbocycles. The molecular formula is C20H18N6O. The zero-order chi connectivity index (χ0) is 18.4. The third-order valence-corrected chi connectivity index (χ3v) is 4.70. The first-order valence-electron chi connectivity index (χ1n) is 8.93. The molecule has 3 aromatic heterocycles. The first kappa shape index (κ1) is 15.7. The summed E-state index contributed by atoms with van der Waals surface area (Å²) in [5, 5.41) is 10.8. The lowest BCUT2D eigenvalue weighted by Crippen LogP contribution is -2.12. The summed E-state index contributed by atoms with van der Waals surface area (Å²) in [7, 11) is 0. The molecule has 0 atom stereocenters. The summed E-state index contributed by atoms with van der Waals surface area (Å²) in [6, 6.07) is 6.35. The fraction of sp³-hybridized carbons (Fsp3) is 0.200. The van der Waals surface area contributed by atoms with E-state index in [2.05, 4.69) is 27.3 Å². The van der Waals surface area contributed by atoms with Gasteiger partial charge in [-0.25, -0.2) is 4.98 Å². The third kappa shape index (κ3) is 2.97. The summed E-state index contributed by atoms with van der Waals surface area (Å²) in [6.07, 6.45) is 9.96. The summed E-state index contributed by atoms with van der Waals surface area (Å²) in [5.41, 5.74) is 4.64. The zero-order valence-electron chi connectivity index (χ0n) is 14.6. The number of anilines is 1. The Morgan fingerprint density at radius 2 is 2.22 bits per heavy atom. The van der Waals surface area contributed by atoms with Crippen molar-refractivity contribution >= 4 is 23.4 Å². The van der Waals surface area contributed by atoms with Crippen molar-refractivity contribution in [2.75, 3.05) is 5.32 Å². The lowest BCUT2D eigenvalue weighted by Gasteiger charge is -2.10. The van der Waals surface area contributed by atoms with Gasteiger partial charge in [0.1, 0.15) is 5.82 Å². The fourth-order valence-corrected chi connectivity index (χ4v) is 3.18. The molecule has 1 amide bonds. The summed E-state index contributed by atoms with van der Waals surface area (Å²) < 4.78 is 1.80.